The van der Waals surface area contributed by atoms with Gasteiger partial charge in [-0.05, 0) is 32.6 Å². The van der Waals surface area contributed by atoms with Gasteiger partial charge in [0.05, 0.1) is 0 Å². The zero-order valence-corrected chi connectivity index (χ0v) is 12.5. The maximum atomic E-state index is 6.22. The van der Waals surface area contributed by atoms with Crippen molar-refractivity contribution >= 4 is 17.4 Å². The van der Waals surface area contributed by atoms with Crippen LogP contribution in [0.5, 0.6) is 0 Å². The molecule has 0 bridgehead atoms. The summed E-state index contributed by atoms with van der Waals surface area (Å²) in [7, 11) is 0. The number of piperidine rings is 1. The maximum Gasteiger partial charge on any atom is 0.137 e. The van der Waals surface area contributed by atoms with Crippen LogP contribution >= 0.6 is 11.6 Å². The lowest BCUT2D eigenvalue weighted by Gasteiger charge is -2.38. The van der Waals surface area contributed by atoms with Gasteiger partial charge in [-0.2, -0.15) is 0 Å². The lowest BCUT2D eigenvalue weighted by molar-refractivity contribution is 0.387. The Bertz CT molecular complexity index is 433. The highest BCUT2D eigenvalue weighted by Gasteiger charge is 2.26. The van der Waals surface area contributed by atoms with Crippen LogP contribution in [0.1, 0.15) is 45.0 Å². The van der Waals surface area contributed by atoms with E-state index < -0.39 is 0 Å². The summed E-state index contributed by atoms with van der Waals surface area (Å²) in [5.41, 5.74) is 1.01. The van der Waals surface area contributed by atoms with Crippen molar-refractivity contribution in [1.29, 1.82) is 0 Å². The van der Waals surface area contributed by atoms with E-state index in [4.69, 9.17) is 16.6 Å². The van der Waals surface area contributed by atoms with Gasteiger partial charge in [0.2, 0.25) is 0 Å². The molecule has 0 aromatic carbocycles. The molecule has 1 aromatic rings. The number of nitrogens with zero attached hydrogens (tertiary/aromatic N) is 3. The van der Waals surface area contributed by atoms with Crippen LogP contribution in [-0.2, 0) is 6.42 Å². The molecule has 1 aliphatic heterocycles. The molecule has 4 heteroatoms. The van der Waals surface area contributed by atoms with Crippen molar-refractivity contribution in [3.63, 3.8) is 0 Å². The number of anilines is 1. The molecule has 1 fully saturated rings. The van der Waals surface area contributed by atoms with Gasteiger partial charge in [0, 0.05) is 24.6 Å². The number of hydrogen-bond acceptors (Lipinski definition) is 3. The Morgan fingerprint density at radius 1 is 1.28 bits per heavy atom. The average Bonchev–Trinajstić information content (AvgIpc) is 2.35. The molecule has 0 amide bonds. The van der Waals surface area contributed by atoms with E-state index >= 15 is 0 Å². The van der Waals surface area contributed by atoms with Gasteiger partial charge in [0.25, 0.3) is 0 Å². The van der Waals surface area contributed by atoms with Crippen molar-refractivity contribution in [2.75, 3.05) is 11.4 Å². The number of aryl methyl sites for hydroxylation is 1. The molecule has 2 atom stereocenters. The SMILES string of the molecule is CCc1nc(Cl)c(C)c(N2CC(C)CCC2C)n1. The van der Waals surface area contributed by atoms with Crippen LogP contribution in [0.15, 0.2) is 0 Å². The lowest BCUT2D eigenvalue weighted by atomic mass is 9.95. The number of halogens is 1. The van der Waals surface area contributed by atoms with E-state index in [-0.39, 0.29) is 0 Å². The molecule has 2 rings (SSSR count). The van der Waals surface area contributed by atoms with Crippen LogP contribution in [0.25, 0.3) is 0 Å². The van der Waals surface area contributed by atoms with Crippen LogP contribution in [0.4, 0.5) is 5.82 Å². The molecule has 0 aliphatic carbocycles. The van der Waals surface area contributed by atoms with E-state index in [9.17, 15) is 0 Å². The molecule has 0 radical (unpaired) electrons. The summed E-state index contributed by atoms with van der Waals surface area (Å²) in [6.45, 7) is 9.72. The predicted molar refractivity (Wildman–Crippen MR) is 76.4 cm³/mol. The maximum absolute atomic E-state index is 6.22. The number of rotatable bonds is 2. The monoisotopic (exact) mass is 267 g/mol. The molecule has 2 unspecified atom stereocenters. The summed E-state index contributed by atoms with van der Waals surface area (Å²) in [5, 5.41) is 0.599. The van der Waals surface area contributed by atoms with Gasteiger partial charge in [-0.15, -0.1) is 0 Å². The Labute approximate surface area is 115 Å². The minimum absolute atomic E-state index is 0.538. The normalized spacial score (nSPS) is 24.4. The predicted octanol–water partition coefficient (Wildman–Crippen LogP) is 3.63. The van der Waals surface area contributed by atoms with Crippen LogP contribution < -0.4 is 4.90 Å². The molecular weight excluding hydrogens is 246 g/mol. The first-order chi connectivity index (χ1) is 8.52. The highest BCUT2D eigenvalue weighted by atomic mass is 35.5. The first-order valence-corrected chi connectivity index (χ1v) is 7.20. The van der Waals surface area contributed by atoms with Crippen LogP contribution in [0.3, 0.4) is 0 Å². The van der Waals surface area contributed by atoms with Crippen LogP contribution in [0, 0.1) is 12.8 Å². The van der Waals surface area contributed by atoms with Crippen molar-refractivity contribution in [2.24, 2.45) is 5.92 Å². The topological polar surface area (TPSA) is 29.0 Å². The van der Waals surface area contributed by atoms with E-state index in [1.54, 1.807) is 0 Å². The smallest absolute Gasteiger partial charge is 0.137 e. The van der Waals surface area contributed by atoms with Crippen molar-refractivity contribution in [1.82, 2.24) is 9.97 Å². The highest BCUT2D eigenvalue weighted by Crippen LogP contribution is 2.30. The Morgan fingerprint density at radius 2 is 2.00 bits per heavy atom. The van der Waals surface area contributed by atoms with E-state index in [0.29, 0.717) is 11.2 Å². The van der Waals surface area contributed by atoms with Gasteiger partial charge >= 0.3 is 0 Å². The molecule has 100 valence electrons. The van der Waals surface area contributed by atoms with Crippen molar-refractivity contribution < 1.29 is 0 Å². The Kier molecular flexibility index (Phi) is 4.10. The van der Waals surface area contributed by atoms with Gasteiger partial charge in [-0.1, -0.05) is 25.4 Å². The van der Waals surface area contributed by atoms with E-state index in [0.717, 1.165) is 36.1 Å². The fourth-order valence-electron chi connectivity index (χ4n) is 2.54. The fourth-order valence-corrected chi connectivity index (χ4v) is 2.72. The summed E-state index contributed by atoms with van der Waals surface area (Å²) in [6.07, 6.45) is 3.35. The molecule has 1 aliphatic rings. The first-order valence-electron chi connectivity index (χ1n) is 6.82. The van der Waals surface area contributed by atoms with E-state index in [2.05, 4.69) is 30.7 Å². The number of hydrogen-bond donors (Lipinski definition) is 0. The van der Waals surface area contributed by atoms with Crippen molar-refractivity contribution in [3.8, 4) is 0 Å². The average molecular weight is 268 g/mol. The van der Waals surface area contributed by atoms with Crippen LogP contribution in [0.2, 0.25) is 5.15 Å². The fraction of sp³-hybridized carbons (Fsp3) is 0.714. The van der Waals surface area contributed by atoms with Gasteiger partial charge in [-0.25, -0.2) is 9.97 Å². The largest absolute Gasteiger partial charge is 0.353 e. The third-order valence-electron chi connectivity index (χ3n) is 3.81. The second kappa shape index (κ2) is 5.43. The Morgan fingerprint density at radius 3 is 2.67 bits per heavy atom. The molecule has 1 aromatic heterocycles. The molecule has 18 heavy (non-hydrogen) atoms. The van der Waals surface area contributed by atoms with Gasteiger partial charge in [0.15, 0.2) is 0 Å². The first kappa shape index (κ1) is 13.6. The zero-order valence-electron chi connectivity index (χ0n) is 11.7. The molecule has 2 heterocycles. The van der Waals surface area contributed by atoms with E-state index in [1.165, 1.54) is 12.8 Å². The van der Waals surface area contributed by atoms with Gasteiger partial charge in [-0.3, -0.25) is 0 Å². The number of aromatic nitrogens is 2. The summed E-state index contributed by atoms with van der Waals surface area (Å²) in [4.78, 5) is 11.4. The third-order valence-corrected chi connectivity index (χ3v) is 4.18. The quantitative estimate of drug-likeness (QED) is 0.767. The highest BCUT2D eigenvalue weighted by molar-refractivity contribution is 6.30. The minimum atomic E-state index is 0.538. The molecule has 1 saturated heterocycles. The second-order valence-corrected chi connectivity index (χ2v) is 5.77. The molecular formula is C14H22ClN3. The summed E-state index contributed by atoms with van der Waals surface area (Å²) in [6, 6.07) is 0.538. The Hall–Kier alpha value is -0.830. The molecule has 3 nitrogen and oxygen atoms in total. The standard InChI is InChI=1S/C14H22ClN3/c1-5-12-16-13(15)11(4)14(17-12)18-8-9(2)6-7-10(18)3/h9-10H,5-8H2,1-4H3. The van der Waals surface area contributed by atoms with Crippen molar-refractivity contribution in [2.45, 2.75) is 53.0 Å². The minimum Gasteiger partial charge on any atom is -0.353 e. The molecule has 0 N–H and O–H groups in total. The van der Waals surface area contributed by atoms with E-state index in [1.807, 2.05) is 6.92 Å². The molecule has 0 spiro atoms. The third kappa shape index (κ3) is 2.61. The van der Waals surface area contributed by atoms with Gasteiger partial charge < -0.3 is 4.90 Å². The summed E-state index contributed by atoms with van der Waals surface area (Å²) >= 11 is 6.22. The summed E-state index contributed by atoms with van der Waals surface area (Å²) < 4.78 is 0. The summed E-state index contributed by atoms with van der Waals surface area (Å²) in [5.74, 6) is 2.59. The van der Waals surface area contributed by atoms with Crippen LogP contribution in [-0.4, -0.2) is 22.6 Å². The second-order valence-electron chi connectivity index (χ2n) is 5.42. The zero-order chi connectivity index (χ0) is 13.3. The van der Waals surface area contributed by atoms with Gasteiger partial charge in [0.1, 0.15) is 16.8 Å². The lowest BCUT2D eigenvalue weighted by Crippen LogP contribution is -2.42. The molecule has 0 saturated carbocycles. The van der Waals surface area contributed by atoms with Crippen molar-refractivity contribution in [3.05, 3.63) is 16.5 Å². The Balaban J connectivity index is 2.39.